The van der Waals surface area contributed by atoms with Gasteiger partial charge in [-0.3, -0.25) is 0 Å². The molecular weight excluding hydrogens is 314 g/mol. The van der Waals surface area contributed by atoms with Crippen LogP contribution >= 0.6 is 0 Å². The van der Waals surface area contributed by atoms with Gasteiger partial charge in [-0.05, 0) is 25.0 Å². The summed E-state index contributed by atoms with van der Waals surface area (Å²) in [5.41, 5.74) is 0.242. The maximum Gasteiger partial charge on any atom is 0.352 e. The van der Waals surface area contributed by atoms with Gasteiger partial charge >= 0.3 is 11.4 Å². The third-order valence-electron chi connectivity index (χ3n) is 7.05. The molecule has 2 aromatic rings. The van der Waals surface area contributed by atoms with E-state index in [2.05, 4.69) is 24.3 Å². The van der Waals surface area contributed by atoms with Crippen LogP contribution < -0.4 is 11.4 Å². The number of rotatable bonds is 1. The first kappa shape index (κ1) is 13.7. The van der Waals surface area contributed by atoms with Crippen molar-refractivity contribution in [1.29, 1.82) is 0 Å². The van der Waals surface area contributed by atoms with Gasteiger partial charge in [-0.2, -0.15) is 0 Å². The number of hydrogen-bond acceptors (Lipinski definition) is 2. The SMILES string of the molecule is O=c1n(-c2ccccc2)c(=O)n2n1[C@H]1C=C[C@H]2[C@]23C=C[C@]12CCCC3. The molecule has 3 aliphatic carbocycles. The first-order valence-corrected chi connectivity index (χ1v) is 9.10. The molecule has 0 radical (unpaired) electrons. The van der Waals surface area contributed by atoms with Gasteiger partial charge in [0.2, 0.25) is 0 Å². The Morgan fingerprint density at radius 1 is 0.800 bits per heavy atom. The lowest BCUT2D eigenvalue weighted by atomic mass is 9.42. The van der Waals surface area contributed by atoms with Crippen molar-refractivity contribution in [2.24, 2.45) is 10.8 Å². The first-order valence-electron chi connectivity index (χ1n) is 9.10. The Kier molecular flexibility index (Phi) is 2.28. The zero-order chi connectivity index (χ0) is 16.8. The Hall–Kier alpha value is -2.56. The minimum atomic E-state index is -0.218. The van der Waals surface area contributed by atoms with Gasteiger partial charge in [-0.15, -0.1) is 0 Å². The molecular formula is C20H19N3O2. The highest BCUT2D eigenvalue weighted by Crippen LogP contribution is 2.72. The molecule has 1 fully saturated rings. The molecule has 7 rings (SSSR count). The minimum absolute atomic E-state index is 0.0177. The summed E-state index contributed by atoms with van der Waals surface area (Å²) in [6.07, 6.45) is 13.5. The van der Waals surface area contributed by atoms with Crippen LogP contribution in [0.1, 0.15) is 37.8 Å². The van der Waals surface area contributed by atoms with E-state index < -0.39 is 0 Å². The fourth-order valence-corrected chi connectivity index (χ4v) is 5.95. The number of nitrogens with zero attached hydrogens (tertiary/aromatic N) is 3. The smallest absolute Gasteiger partial charge is 0.245 e. The first-order chi connectivity index (χ1) is 12.2. The summed E-state index contributed by atoms with van der Waals surface area (Å²) >= 11 is 0. The minimum Gasteiger partial charge on any atom is -0.245 e. The van der Waals surface area contributed by atoms with Crippen LogP contribution in [-0.2, 0) is 0 Å². The van der Waals surface area contributed by atoms with Crippen molar-refractivity contribution in [3.63, 3.8) is 0 Å². The number of hydrogen-bond donors (Lipinski definition) is 0. The Bertz CT molecular complexity index is 1010. The molecule has 5 nitrogen and oxygen atoms in total. The number of benzene rings is 1. The molecule has 4 atom stereocenters. The molecule has 0 spiro atoms. The molecule has 5 heteroatoms. The Morgan fingerprint density at radius 3 is 1.80 bits per heavy atom. The van der Waals surface area contributed by atoms with Crippen LogP contribution in [0.25, 0.3) is 5.69 Å². The zero-order valence-electron chi connectivity index (χ0n) is 13.8. The van der Waals surface area contributed by atoms with Crippen molar-refractivity contribution in [2.75, 3.05) is 0 Å². The molecule has 1 saturated carbocycles. The van der Waals surface area contributed by atoms with Crippen LogP contribution in [0.15, 0.2) is 64.2 Å². The predicted octanol–water partition coefficient (Wildman–Crippen LogP) is 2.58. The zero-order valence-corrected chi connectivity index (χ0v) is 13.8. The summed E-state index contributed by atoms with van der Waals surface area (Å²) in [6, 6.07) is 9.16. The van der Waals surface area contributed by atoms with Crippen LogP contribution in [0.3, 0.4) is 0 Å². The van der Waals surface area contributed by atoms with E-state index in [1.54, 1.807) is 9.36 Å². The highest BCUT2D eigenvalue weighted by atomic mass is 16.2. The fraction of sp³-hybridized carbons (Fsp3) is 0.400. The average molecular weight is 333 g/mol. The van der Waals surface area contributed by atoms with Crippen molar-refractivity contribution in [2.45, 2.75) is 37.8 Å². The lowest BCUT2D eigenvalue weighted by Gasteiger charge is -2.67. The van der Waals surface area contributed by atoms with Crippen molar-refractivity contribution in [1.82, 2.24) is 13.9 Å². The van der Waals surface area contributed by atoms with Gasteiger partial charge in [-0.25, -0.2) is 23.5 Å². The van der Waals surface area contributed by atoms with Crippen LogP contribution in [0.4, 0.5) is 0 Å². The summed E-state index contributed by atoms with van der Waals surface area (Å²) in [6.45, 7) is 0. The molecule has 0 unspecified atom stereocenters. The van der Waals surface area contributed by atoms with E-state index in [1.165, 1.54) is 17.4 Å². The number of para-hydroxylation sites is 1. The summed E-state index contributed by atoms with van der Waals surface area (Å²) in [7, 11) is 0. The lowest BCUT2D eigenvalue weighted by molar-refractivity contribution is -0.0812. The molecule has 126 valence electrons. The number of allylic oxidation sites excluding steroid dienone is 4. The topological polar surface area (TPSA) is 48.9 Å². The molecule has 0 amide bonds. The van der Waals surface area contributed by atoms with Gasteiger partial charge in [0.25, 0.3) is 0 Å². The standard InChI is InChI=1S/C20H19N3O2/c24-17-21(14-6-2-1-3-7-14)18(25)23-16-9-8-15(22(17)23)19-10-4-5-11-20(16,19)13-12-19/h1-3,6-9,12-13,15-16H,4-5,10-11H2/t15-,16-,19-,20+/m0/s1. The van der Waals surface area contributed by atoms with Gasteiger partial charge in [0.05, 0.1) is 17.8 Å². The van der Waals surface area contributed by atoms with E-state index in [-0.39, 0.29) is 34.3 Å². The maximum atomic E-state index is 13.2. The molecule has 0 N–H and O–H groups in total. The Balaban J connectivity index is 1.67. The summed E-state index contributed by atoms with van der Waals surface area (Å²) < 4.78 is 4.79. The average Bonchev–Trinajstić information content (AvgIpc) is 2.90. The third-order valence-corrected chi connectivity index (χ3v) is 7.05. The van der Waals surface area contributed by atoms with E-state index in [9.17, 15) is 9.59 Å². The van der Waals surface area contributed by atoms with Gasteiger partial charge in [0.1, 0.15) is 0 Å². The monoisotopic (exact) mass is 333 g/mol. The molecule has 1 aromatic carbocycles. The second kappa shape index (κ2) is 4.15. The van der Waals surface area contributed by atoms with Crippen molar-refractivity contribution in [3.8, 4) is 5.69 Å². The molecule has 2 aliphatic heterocycles. The van der Waals surface area contributed by atoms with Crippen molar-refractivity contribution >= 4 is 0 Å². The fourth-order valence-electron chi connectivity index (χ4n) is 5.95. The van der Waals surface area contributed by atoms with Crippen LogP contribution in [0.2, 0.25) is 0 Å². The molecule has 5 aliphatic rings. The number of aromatic nitrogens is 3. The predicted molar refractivity (Wildman–Crippen MR) is 94.0 cm³/mol. The molecule has 2 bridgehead atoms. The maximum absolute atomic E-state index is 13.2. The van der Waals surface area contributed by atoms with Crippen LogP contribution in [0, 0.1) is 10.8 Å². The van der Waals surface area contributed by atoms with E-state index in [0.717, 1.165) is 12.8 Å². The summed E-state index contributed by atoms with van der Waals surface area (Å²) in [4.78, 5) is 26.4. The molecule has 25 heavy (non-hydrogen) atoms. The van der Waals surface area contributed by atoms with Crippen LogP contribution in [-0.4, -0.2) is 13.9 Å². The van der Waals surface area contributed by atoms with Gasteiger partial charge in [0.15, 0.2) is 0 Å². The van der Waals surface area contributed by atoms with Gasteiger partial charge in [-0.1, -0.05) is 55.3 Å². The Morgan fingerprint density at radius 2 is 1.32 bits per heavy atom. The van der Waals surface area contributed by atoms with Gasteiger partial charge < -0.3 is 0 Å². The quantitative estimate of drug-likeness (QED) is 0.753. The van der Waals surface area contributed by atoms with Crippen molar-refractivity contribution < 1.29 is 0 Å². The second-order valence-electron chi connectivity index (χ2n) is 7.82. The molecule has 0 saturated heterocycles. The lowest BCUT2D eigenvalue weighted by Crippen LogP contribution is -2.65. The second-order valence-corrected chi connectivity index (χ2v) is 7.82. The Labute approximate surface area is 144 Å². The summed E-state index contributed by atoms with van der Waals surface area (Å²) in [5.74, 6) is 0. The summed E-state index contributed by atoms with van der Waals surface area (Å²) in [5, 5.41) is 0. The highest BCUT2D eigenvalue weighted by molar-refractivity contribution is 5.41. The van der Waals surface area contributed by atoms with Crippen molar-refractivity contribution in [3.05, 3.63) is 75.6 Å². The molecule has 1 aromatic heterocycles. The van der Waals surface area contributed by atoms with E-state index in [0.29, 0.717) is 5.69 Å². The third kappa shape index (κ3) is 1.28. The van der Waals surface area contributed by atoms with E-state index in [4.69, 9.17) is 0 Å². The molecule has 3 heterocycles. The largest absolute Gasteiger partial charge is 0.352 e. The van der Waals surface area contributed by atoms with Crippen LogP contribution in [0.5, 0.6) is 0 Å². The van der Waals surface area contributed by atoms with Gasteiger partial charge in [0, 0.05) is 10.8 Å². The van der Waals surface area contributed by atoms with E-state index >= 15 is 0 Å². The highest BCUT2D eigenvalue weighted by Gasteiger charge is 2.67. The van der Waals surface area contributed by atoms with E-state index in [1.807, 2.05) is 30.3 Å². The normalized spacial score (nSPS) is 36.5.